The first-order valence-corrected chi connectivity index (χ1v) is 11.8. The third-order valence-corrected chi connectivity index (χ3v) is 7.21. The van der Waals surface area contributed by atoms with Gasteiger partial charge < -0.3 is 24.9 Å². The summed E-state index contributed by atoms with van der Waals surface area (Å²) in [6.07, 6.45) is 2.54. The lowest BCUT2D eigenvalue weighted by Crippen LogP contribution is -2.53. The van der Waals surface area contributed by atoms with Gasteiger partial charge in [0.25, 0.3) is 5.91 Å². The molecule has 7 nitrogen and oxygen atoms in total. The van der Waals surface area contributed by atoms with Crippen molar-refractivity contribution in [3.05, 3.63) is 54.1 Å². The van der Waals surface area contributed by atoms with Gasteiger partial charge in [-0.2, -0.15) is 0 Å². The average Bonchev–Trinajstić information content (AvgIpc) is 3.49. The van der Waals surface area contributed by atoms with Crippen molar-refractivity contribution in [2.24, 2.45) is 18.7 Å². The average molecular weight is 444 g/mol. The van der Waals surface area contributed by atoms with Crippen molar-refractivity contribution in [2.45, 2.75) is 38.0 Å². The van der Waals surface area contributed by atoms with Crippen LogP contribution in [0, 0.1) is 5.92 Å². The molecule has 3 N–H and O–H groups in total. The minimum Gasteiger partial charge on any atom is -0.391 e. The molecule has 33 heavy (non-hydrogen) atoms. The van der Waals surface area contributed by atoms with E-state index in [1.54, 1.807) is 4.90 Å². The molecular formula is C26H29N5O2. The number of aromatic nitrogens is 3. The highest BCUT2D eigenvalue weighted by Crippen LogP contribution is 2.36. The second kappa shape index (κ2) is 7.71. The van der Waals surface area contributed by atoms with Crippen molar-refractivity contribution in [1.29, 1.82) is 0 Å². The number of benzene rings is 2. The highest BCUT2D eigenvalue weighted by molar-refractivity contribution is 5.98. The Morgan fingerprint density at radius 3 is 2.73 bits per heavy atom. The number of carbonyl (C=O) groups excluding carboxylic acids is 1. The van der Waals surface area contributed by atoms with E-state index in [1.807, 2.05) is 25.2 Å². The minimum atomic E-state index is -0.544. The van der Waals surface area contributed by atoms with Crippen molar-refractivity contribution in [3.63, 3.8) is 0 Å². The van der Waals surface area contributed by atoms with E-state index in [2.05, 4.69) is 39.5 Å². The maximum Gasteiger partial charge on any atom is 0.253 e. The van der Waals surface area contributed by atoms with E-state index in [-0.39, 0.29) is 5.91 Å². The fraction of sp³-hybridized carbons (Fsp3) is 0.385. The summed E-state index contributed by atoms with van der Waals surface area (Å²) in [7, 11) is 2.04. The molecule has 3 heterocycles. The summed E-state index contributed by atoms with van der Waals surface area (Å²) in [6, 6.07) is 16.1. The van der Waals surface area contributed by atoms with Crippen LogP contribution in [0.3, 0.4) is 0 Å². The lowest BCUT2D eigenvalue weighted by atomic mass is 10.0. The predicted octanol–water partition coefficient (Wildman–Crippen LogP) is 3.14. The number of aliphatic hydroxyl groups is 1. The van der Waals surface area contributed by atoms with Crippen molar-refractivity contribution in [3.8, 4) is 11.5 Å². The van der Waals surface area contributed by atoms with E-state index < -0.39 is 12.1 Å². The van der Waals surface area contributed by atoms with Gasteiger partial charge in [-0.05, 0) is 55.5 Å². The third kappa shape index (κ3) is 3.52. The zero-order valence-electron chi connectivity index (χ0n) is 18.8. The molecule has 1 aliphatic carbocycles. The molecule has 6 rings (SSSR count). The van der Waals surface area contributed by atoms with Crippen molar-refractivity contribution in [1.82, 2.24) is 19.0 Å². The van der Waals surface area contributed by atoms with Crippen LogP contribution in [0.15, 0.2) is 48.5 Å². The van der Waals surface area contributed by atoms with Gasteiger partial charge in [-0.1, -0.05) is 18.2 Å². The van der Waals surface area contributed by atoms with E-state index in [0.29, 0.717) is 25.1 Å². The molecule has 4 aromatic rings. The number of imidazole rings is 1. The zero-order valence-corrected chi connectivity index (χ0v) is 18.8. The lowest BCUT2D eigenvalue weighted by Gasteiger charge is -2.34. The Morgan fingerprint density at radius 2 is 1.94 bits per heavy atom. The van der Waals surface area contributed by atoms with Crippen LogP contribution in [0.5, 0.6) is 0 Å². The minimum absolute atomic E-state index is 0.0608. The molecule has 7 heteroatoms. The first-order chi connectivity index (χ1) is 16.0. The topological polar surface area (TPSA) is 89.3 Å². The predicted molar refractivity (Wildman–Crippen MR) is 129 cm³/mol. The normalized spacial score (nSPS) is 21.2. The van der Waals surface area contributed by atoms with Crippen LogP contribution in [0.2, 0.25) is 0 Å². The fourth-order valence-electron chi connectivity index (χ4n) is 5.05. The number of nitrogens with two attached hydrogens (primary N) is 1. The molecule has 2 aromatic carbocycles. The van der Waals surface area contributed by atoms with Crippen LogP contribution in [0.1, 0.15) is 29.6 Å². The Kier molecular flexibility index (Phi) is 4.78. The SMILES string of the molecule is Cn1c(-c2cc3ccccc3n2CC2CC2)nc2cc(C(=O)N3CCC(O)C(N)C3)ccc21. The van der Waals surface area contributed by atoms with Gasteiger partial charge in [0.1, 0.15) is 0 Å². The van der Waals surface area contributed by atoms with Gasteiger partial charge in [0, 0.05) is 49.2 Å². The van der Waals surface area contributed by atoms with Gasteiger partial charge in [-0.3, -0.25) is 4.79 Å². The number of nitrogens with zero attached hydrogens (tertiary/aromatic N) is 4. The van der Waals surface area contributed by atoms with Gasteiger partial charge in [0.2, 0.25) is 0 Å². The number of likely N-dealkylation sites (tertiary alicyclic amines) is 1. The Bertz CT molecular complexity index is 1370. The molecule has 170 valence electrons. The van der Waals surface area contributed by atoms with Crippen molar-refractivity contribution in [2.75, 3.05) is 13.1 Å². The zero-order chi connectivity index (χ0) is 22.7. The maximum absolute atomic E-state index is 13.1. The molecule has 2 fully saturated rings. The Hall–Kier alpha value is -3.16. The van der Waals surface area contributed by atoms with E-state index in [0.717, 1.165) is 35.0 Å². The number of piperidine rings is 1. The Morgan fingerprint density at radius 1 is 1.12 bits per heavy atom. The summed E-state index contributed by atoms with van der Waals surface area (Å²) < 4.78 is 4.52. The number of para-hydroxylation sites is 1. The van der Waals surface area contributed by atoms with E-state index in [9.17, 15) is 9.90 Å². The van der Waals surface area contributed by atoms with Crippen LogP contribution in [-0.2, 0) is 13.6 Å². The van der Waals surface area contributed by atoms with E-state index in [1.165, 1.54) is 23.7 Å². The van der Waals surface area contributed by atoms with Crippen LogP contribution in [0.4, 0.5) is 0 Å². The molecule has 1 amide bonds. The fourth-order valence-corrected chi connectivity index (χ4v) is 5.05. The van der Waals surface area contributed by atoms with Gasteiger partial charge in [0.15, 0.2) is 5.82 Å². The van der Waals surface area contributed by atoms with Gasteiger partial charge in [0.05, 0.1) is 22.8 Å². The number of aryl methyl sites for hydroxylation is 1. The largest absolute Gasteiger partial charge is 0.391 e. The number of amides is 1. The summed E-state index contributed by atoms with van der Waals surface area (Å²) in [5.41, 5.74) is 10.8. The standard InChI is InChI=1S/C26H29N5O2/c1-29-22-9-8-18(26(33)30-11-10-24(32)19(27)15-30)12-20(22)28-25(29)23-13-17-4-2-3-5-21(17)31(23)14-16-6-7-16/h2-5,8-9,12-13,16,19,24,32H,6-7,10-11,14-15,27H2,1H3. The number of fused-ring (bicyclic) bond motifs is 2. The molecule has 1 aliphatic heterocycles. The Labute approximate surface area is 192 Å². The molecule has 0 radical (unpaired) electrons. The summed E-state index contributed by atoms with van der Waals surface area (Å²) in [5.74, 6) is 1.59. The molecule has 2 unspecified atom stereocenters. The summed E-state index contributed by atoms with van der Waals surface area (Å²) >= 11 is 0. The van der Waals surface area contributed by atoms with Crippen LogP contribution in [-0.4, -0.2) is 55.3 Å². The van der Waals surface area contributed by atoms with E-state index >= 15 is 0 Å². The van der Waals surface area contributed by atoms with Crippen LogP contribution >= 0.6 is 0 Å². The first-order valence-electron chi connectivity index (χ1n) is 11.8. The lowest BCUT2D eigenvalue weighted by molar-refractivity contribution is 0.0459. The van der Waals surface area contributed by atoms with Crippen LogP contribution < -0.4 is 5.73 Å². The number of aliphatic hydroxyl groups excluding tert-OH is 1. The van der Waals surface area contributed by atoms with Gasteiger partial charge in [-0.15, -0.1) is 0 Å². The first kappa shape index (κ1) is 20.4. The molecule has 2 aromatic heterocycles. The maximum atomic E-state index is 13.1. The molecule has 2 aliphatic rings. The second-order valence-electron chi connectivity index (χ2n) is 9.61. The highest BCUT2D eigenvalue weighted by Gasteiger charge is 2.29. The summed E-state index contributed by atoms with van der Waals surface area (Å²) in [6.45, 7) is 1.89. The summed E-state index contributed by atoms with van der Waals surface area (Å²) in [4.78, 5) is 19.8. The number of rotatable bonds is 4. The van der Waals surface area contributed by atoms with Gasteiger partial charge >= 0.3 is 0 Å². The quantitative estimate of drug-likeness (QED) is 0.507. The molecule has 1 saturated heterocycles. The monoisotopic (exact) mass is 443 g/mol. The van der Waals surface area contributed by atoms with Gasteiger partial charge in [-0.25, -0.2) is 4.98 Å². The van der Waals surface area contributed by atoms with E-state index in [4.69, 9.17) is 10.7 Å². The molecular weight excluding hydrogens is 414 g/mol. The van der Waals surface area contributed by atoms with Crippen molar-refractivity contribution >= 4 is 27.8 Å². The molecule has 2 atom stereocenters. The molecule has 0 bridgehead atoms. The molecule has 1 saturated carbocycles. The number of carbonyl (C=O) groups is 1. The third-order valence-electron chi connectivity index (χ3n) is 7.21. The smallest absolute Gasteiger partial charge is 0.253 e. The Balaban J connectivity index is 1.39. The number of hydrogen-bond donors (Lipinski definition) is 2. The second-order valence-corrected chi connectivity index (χ2v) is 9.61. The van der Waals surface area contributed by atoms with Crippen LogP contribution in [0.25, 0.3) is 33.5 Å². The highest BCUT2D eigenvalue weighted by atomic mass is 16.3. The summed E-state index contributed by atoms with van der Waals surface area (Å²) in [5, 5.41) is 11.1. The number of hydrogen-bond acceptors (Lipinski definition) is 4. The molecule has 0 spiro atoms. The van der Waals surface area contributed by atoms with Crippen molar-refractivity contribution < 1.29 is 9.90 Å².